The highest BCUT2D eigenvalue weighted by Crippen LogP contribution is 2.58. The van der Waals surface area contributed by atoms with Gasteiger partial charge in [0.15, 0.2) is 11.5 Å². The number of pyridine rings is 1. The number of aromatic nitrogens is 5. The third kappa shape index (κ3) is 5.16. The minimum absolute atomic E-state index is 0.0124. The van der Waals surface area contributed by atoms with Crippen LogP contribution in [0.1, 0.15) is 58.8 Å². The molecule has 2 aliphatic carbocycles. The number of ether oxygens (including phenoxy) is 1. The zero-order valence-corrected chi connectivity index (χ0v) is 27.3. The second kappa shape index (κ2) is 11.9. The van der Waals surface area contributed by atoms with Crippen LogP contribution in [0.5, 0.6) is 5.75 Å². The number of anilines is 1. The van der Waals surface area contributed by atoms with Gasteiger partial charge in [0.25, 0.3) is 11.5 Å². The smallest absolute Gasteiger partial charge is 0.416 e. The highest BCUT2D eigenvalue weighted by molar-refractivity contribution is 6.33. The maximum atomic E-state index is 14.5. The number of hydrogen-bond acceptors (Lipinski definition) is 8. The van der Waals surface area contributed by atoms with Crippen molar-refractivity contribution in [1.29, 1.82) is 0 Å². The lowest BCUT2D eigenvalue weighted by atomic mass is 9.66. The summed E-state index contributed by atoms with van der Waals surface area (Å²) in [5.74, 6) is -0.763. The molecule has 3 atom stereocenters. The Hall–Kier alpha value is -4.76. The van der Waals surface area contributed by atoms with Crippen molar-refractivity contribution in [2.75, 3.05) is 31.6 Å². The second-order valence-corrected chi connectivity index (χ2v) is 13.7. The number of fused-ring (bicyclic) bond motifs is 2. The molecule has 8 rings (SSSR count). The summed E-state index contributed by atoms with van der Waals surface area (Å²) in [6.07, 6.45) is 1.91. The summed E-state index contributed by atoms with van der Waals surface area (Å²) < 4.78 is 48.0. The number of nitrogens with zero attached hydrogens (tertiary/aromatic N) is 6. The summed E-state index contributed by atoms with van der Waals surface area (Å²) in [7, 11) is 0. The topological polar surface area (TPSA) is 144 Å². The number of benzene rings is 1. The first kappa shape index (κ1) is 32.4. The van der Waals surface area contributed by atoms with Gasteiger partial charge in [-0.3, -0.25) is 14.4 Å². The monoisotopic (exact) mass is 709 g/mol. The summed E-state index contributed by atoms with van der Waals surface area (Å²) >= 11 is 6.15. The van der Waals surface area contributed by atoms with Crippen molar-refractivity contribution in [2.24, 2.45) is 11.8 Å². The molecule has 3 aromatic heterocycles. The lowest BCUT2D eigenvalue weighted by molar-refractivity contribution is -0.137. The molecule has 1 aromatic carbocycles. The van der Waals surface area contributed by atoms with Crippen molar-refractivity contribution in [3.05, 3.63) is 86.3 Å². The van der Waals surface area contributed by atoms with Crippen molar-refractivity contribution in [3.63, 3.8) is 0 Å². The Balaban J connectivity index is 1.19. The van der Waals surface area contributed by atoms with Gasteiger partial charge in [-0.25, -0.2) is 4.98 Å². The number of rotatable bonds is 5. The number of hydrogen-bond donors (Lipinski definition) is 2. The maximum Gasteiger partial charge on any atom is 0.416 e. The normalized spacial score (nSPS) is 23.0. The molecule has 2 N–H and O–H groups in total. The molecule has 50 heavy (non-hydrogen) atoms. The van der Waals surface area contributed by atoms with Gasteiger partial charge >= 0.3 is 6.18 Å². The SMILES string of the molecule is O=C(Cn1c2c(c(=O)n3nc(C4=CCOCC4)nc13)C1(CC2)C2CC[C@@H]1CN(C(=O)c1ncccc1O)C2)Nc1ccc(C(F)(F)F)cc1Cl. The maximum absolute atomic E-state index is 14.5. The fourth-order valence-corrected chi connectivity index (χ4v) is 8.72. The molecule has 1 saturated carbocycles. The third-order valence-electron chi connectivity index (χ3n) is 10.7. The van der Waals surface area contributed by atoms with E-state index in [1.54, 1.807) is 15.5 Å². The largest absolute Gasteiger partial charge is 0.505 e. The predicted molar refractivity (Wildman–Crippen MR) is 174 cm³/mol. The number of piperidine rings is 1. The minimum Gasteiger partial charge on any atom is -0.505 e. The Morgan fingerprint density at radius 2 is 1.92 bits per heavy atom. The molecule has 0 radical (unpaired) electrons. The van der Waals surface area contributed by atoms with Gasteiger partial charge in [-0.05, 0) is 79.8 Å². The van der Waals surface area contributed by atoms with Crippen LogP contribution in [0.2, 0.25) is 5.02 Å². The standard InChI is InChI=1S/C34H31ClF3N7O5/c35-22-14-19(34(36,37)38)5-6-23(22)40-26(47)17-44-24-7-10-33(27(24)30(48)45-32(44)41-29(42-45)18-8-12-50-13-9-18)20-3-4-21(33)16-43(15-20)31(49)28-25(46)2-1-11-39-28/h1-2,5-6,8,11,14,20-21,46H,3-4,7,9-10,12-13,15-17H2,(H,40,47)/t20-,21?,33?/m1/s1. The van der Waals surface area contributed by atoms with Gasteiger partial charge in [0, 0.05) is 36.0 Å². The average molecular weight is 710 g/mol. The number of halogens is 4. The van der Waals surface area contributed by atoms with Gasteiger partial charge in [-0.2, -0.15) is 22.7 Å². The van der Waals surface area contributed by atoms with Crippen LogP contribution in [-0.2, 0) is 34.1 Å². The zero-order chi connectivity index (χ0) is 34.9. The fourth-order valence-electron chi connectivity index (χ4n) is 8.50. The molecular weight excluding hydrogens is 679 g/mol. The predicted octanol–water partition coefficient (Wildman–Crippen LogP) is 4.47. The lowest BCUT2D eigenvalue weighted by Gasteiger charge is -2.46. The molecule has 2 aliphatic heterocycles. The molecule has 2 amide bonds. The van der Waals surface area contributed by atoms with Gasteiger partial charge in [0.05, 0.1) is 29.5 Å². The number of nitrogens with one attached hydrogen (secondary N) is 1. The van der Waals surface area contributed by atoms with Gasteiger partial charge in [0.1, 0.15) is 12.3 Å². The van der Waals surface area contributed by atoms with Gasteiger partial charge in [-0.15, -0.1) is 5.10 Å². The number of likely N-dealkylation sites (tertiary alicyclic amines) is 1. The fraction of sp³-hybridized carbons (Fsp3) is 0.412. The Labute approximate surface area is 287 Å². The van der Waals surface area contributed by atoms with E-state index in [4.69, 9.17) is 21.3 Å². The third-order valence-corrected chi connectivity index (χ3v) is 11.0. The number of alkyl halides is 3. The van der Waals surface area contributed by atoms with Crippen molar-refractivity contribution < 1.29 is 32.6 Å². The van der Waals surface area contributed by atoms with Crippen molar-refractivity contribution in [1.82, 2.24) is 29.0 Å². The first-order valence-corrected chi connectivity index (χ1v) is 16.7. The van der Waals surface area contributed by atoms with E-state index in [9.17, 15) is 32.7 Å². The van der Waals surface area contributed by atoms with E-state index in [2.05, 4.69) is 15.4 Å². The molecule has 12 nitrogen and oxygen atoms in total. The van der Waals surface area contributed by atoms with Crippen LogP contribution < -0.4 is 10.9 Å². The van der Waals surface area contributed by atoms with Crippen LogP contribution in [0.25, 0.3) is 11.4 Å². The summed E-state index contributed by atoms with van der Waals surface area (Å²) in [5.41, 5.74) is 0.171. The lowest BCUT2D eigenvalue weighted by Crippen LogP contribution is -2.54. The molecule has 4 aliphatic rings. The Morgan fingerprint density at radius 3 is 2.60 bits per heavy atom. The molecular formula is C34H31ClF3N7O5. The minimum atomic E-state index is -4.60. The van der Waals surface area contributed by atoms with E-state index in [1.807, 2.05) is 6.08 Å². The highest BCUT2D eigenvalue weighted by atomic mass is 35.5. The molecule has 5 heterocycles. The first-order valence-electron chi connectivity index (χ1n) is 16.4. The van der Waals surface area contributed by atoms with E-state index in [-0.39, 0.29) is 57.8 Å². The van der Waals surface area contributed by atoms with Gasteiger partial charge < -0.3 is 24.6 Å². The highest BCUT2D eigenvalue weighted by Gasteiger charge is 2.60. The summed E-state index contributed by atoms with van der Waals surface area (Å²) in [4.78, 5) is 52.2. The number of aromatic hydroxyl groups is 1. The van der Waals surface area contributed by atoms with Crippen molar-refractivity contribution in [3.8, 4) is 5.75 Å². The van der Waals surface area contributed by atoms with E-state index in [0.717, 1.165) is 36.6 Å². The van der Waals surface area contributed by atoms with Crippen LogP contribution in [0.15, 0.2) is 47.4 Å². The molecule has 1 spiro atoms. The Morgan fingerprint density at radius 1 is 1.14 bits per heavy atom. The average Bonchev–Trinajstić information content (AvgIpc) is 3.76. The molecule has 260 valence electrons. The van der Waals surface area contributed by atoms with E-state index in [1.165, 1.54) is 16.8 Å². The van der Waals surface area contributed by atoms with Gasteiger partial charge in [-0.1, -0.05) is 17.7 Å². The molecule has 16 heteroatoms. The number of carbonyl (C=O) groups is 2. The number of amides is 2. The van der Waals surface area contributed by atoms with Crippen LogP contribution >= 0.6 is 11.6 Å². The quantitative estimate of drug-likeness (QED) is 0.309. The molecule has 2 fully saturated rings. The van der Waals surface area contributed by atoms with E-state index in [0.29, 0.717) is 62.6 Å². The summed E-state index contributed by atoms with van der Waals surface area (Å²) in [6, 6.07) is 5.67. The van der Waals surface area contributed by atoms with Crippen LogP contribution in [0, 0.1) is 11.8 Å². The van der Waals surface area contributed by atoms with Crippen LogP contribution in [0.4, 0.5) is 18.9 Å². The number of carbonyl (C=O) groups excluding carboxylic acids is 2. The zero-order valence-electron chi connectivity index (χ0n) is 26.5. The summed E-state index contributed by atoms with van der Waals surface area (Å²) in [6.45, 7) is 1.27. The molecule has 4 aromatic rings. The van der Waals surface area contributed by atoms with E-state index < -0.39 is 23.1 Å². The first-order chi connectivity index (χ1) is 24.0. The Bertz CT molecular complexity index is 2150. The summed E-state index contributed by atoms with van der Waals surface area (Å²) in [5, 5.41) is 17.3. The van der Waals surface area contributed by atoms with Crippen molar-refractivity contribution in [2.45, 2.75) is 50.2 Å². The molecule has 2 unspecified atom stereocenters. The Kier molecular flexibility index (Phi) is 7.75. The molecule has 2 bridgehead atoms. The van der Waals surface area contributed by atoms with Gasteiger partial charge in [0.2, 0.25) is 11.7 Å². The molecule has 1 saturated heterocycles. The second-order valence-electron chi connectivity index (χ2n) is 13.2. The van der Waals surface area contributed by atoms with E-state index >= 15 is 0 Å². The van der Waals surface area contributed by atoms with Crippen molar-refractivity contribution >= 4 is 40.5 Å². The van der Waals surface area contributed by atoms with Crippen LogP contribution in [0.3, 0.4) is 0 Å². The van der Waals surface area contributed by atoms with Crippen LogP contribution in [-0.4, -0.2) is 72.3 Å².